The first-order chi connectivity index (χ1) is 11.7. The van der Waals surface area contributed by atoms with E-state index < -0.39 is 0 Å². The highest BCUT2D eigenvalue weighted by atomic mass is 19.1. The van der Waals surface area contributed by atoms with Crippen molar-refractivity contribution in [3.05, 3.63) is 54.1 Å². The maximum absolute atomic E-state index is 13.0. The molecule has 2 fully saturated rings. The highest BCUT2D eigenvalue weighted by Gasteiger charge is 2.45. The molecule has 0 aliphatic carbocycles. The Bertz CT molecular complexity index is 681. The molecule has 3 heterocycles. The van der Waals surface area contributed by atoms with Crippen molar-refractivity contribution in [3.8, 4) is 0 Å². The lowest BCUT2D eigenvalue weighted by Gasteiger charge is -2.23. The first-order valence-corrected chi connectivity index (χ1v) is 8.35. The van der Waals surface area contributed by atoms with Gasteiger partial charge in [-0.25, -0.2) is 14.4 Å². The van der Waals surface area contributed by atoms with Crippen LogP contribution in [-0.2, 0) is 11.3 Å². The van der Waals surface area contributed by atoms with Crippen LogP contribution >= 0.6 is 0 Å². The van der Waals surface area contributed by atoms with Crippen molar-refractivity contribution in [1.82, 2.24) is 14.9 Å². The van der Waals surface area contributed by atoms with E-state index in [1.807, 2.05) is 18.2 Å². The second-order valence-electron chi connectivity index (χ2n) is 6.70. The summed E-state index contributed by atoms with van der Waals surface area (Å²) in [5.74, 6) is 0.470. The summed E-state index contributed by atoms with van der Waals surface area (Å²) < 4.78 is 19.2. The molecule has 1 aromatic carbocycles. The fraction of sp³-hybridized carbons (Fsp3) is 0.444. The van der Waals surface area contributed by atoms with Gasteiger partial charge in [0.2, 0.25) is 5.95 Å². The summed E-state index contributed by atoms with van der Waals surface area (Å²) in [6, 6.07) is 8.81. The Morgan fingerprint density at radius 3 is 2.83 bits per heavy atom. The first-order valence-electron chi connectivity index (χ1n) is 8.35. The molecule has 1 aromatic heterocycles. The van der Waals surface area contributed by atoms with Crippen molar-refractivity contribution < 1.29 is 9.13 Å². The van der Waals surface area contributed by atoms with Gasteiger partial charge in [-0.2, -0.15) is 0 Å². The molecule has 5 nitrogen and oxygen atoms in total. The zero-order chi connectivity index (χ0) is 16.4. The maximum Gasteiger partial charge on any atom is 0.222 e. The van der Waals surface area contributed by atoms with Crippen LogP contribution in [0.5, 0.6) is 0 Å². The van der Waals surface area contributed by atoms with Crippen LogP contribution in [0.1, 0.15) is 18.4 Å². The Morgan fingerprint density at radius 1 is 1.25 bits per heavy atom. The fourth-order valence-corrected chi connectivity index (χ4v) is 3.69. The van der Waals surface area contributed by atoms with Crippen molar-refractivity contribution >= 4 is 5.95 Å². The van der Waals surface area contributed by atoms with Gasteiger partial charge in [0.25, 0.3) is 0 Å². The Morgan fingerprint density at radius 2 is 2.04 bits per heavy atom. The van der Waals surface area contributed by atoms with Crippen molar-refractivity contribution in [2.75, 3.05) is 25.0 Å². The molecule has 0 unspecified atom stereocenters. The number of nitrogens with one attached hydrogen (secondary N) is 1. The third kappa shape index (κ3) is 3.39. The number of likely N-dealkylation sites (tertiary alicyclic amines) is 1. The monoisotopic (exact) mass is 328 g/mol. The molecule has 4 rings (SSSR count). The molecule has 2 saturated heterocycles. The normalized spacial score (nSPS) is 27.0. The van der Waals surface area contributed by atoms with Crippen LogP contribution in [0.4, 0.5) is 10.3 Å². The third-order valence-corrected chi connectivity index (χ3v) is 4.82. The van der Waals surface area contributed by atoms with Gasteiger partial charge in [-0.1, -0.05) is 12.1 Å². The Hall–Kier alpha value is -2.05. The summed E-state index contributed by atoms with van der Waals surface area (Å²) >= 11 is 0. The molecule has 0 radical (unpaired) electrons. The van der Waals surface area contributed by atoms with E-state index >= 15 is 0 Å². The third-order valence-electron chi connectivity index (χ3n) is 4.82. The van der Waals surface area contributed by atoms with E-state index in [0.717, 1.165) is 38.0 Å². The van der Waals surface area contributed by atoms with E-state index in [2.05, 4.69) is 20.2 Å². The van der Waals surface area contributed by atoms with Crippen LogP contribution in [0.3, 0.4) is 0 Å². The highest BCUT2D eigenvalue weighted by molar-refractivity contribution is 5.25. The second kappa shape index (κ2) is 6.45. The molecule has 6 heteroatoms. The average Bonchev–Trinajstić information content (AvgIpc) is 3.17. The zero-order valence-electron chi connectivity index (χ0n) is 13.5. The minimum atomic E-state index is -0.187. The van der Waals surface area contributed by atoms with E-state index in [0.29, 0.717) is 12.6 Å². The van der Waals surface area contributed by atoms with Crippen LogP contribution < -0.4 is 5.32 Å². The van der Waals surface area contributed by atoms with Crippen molar-refractivity contribution in [2.24, 2.45) is 0 Å². The van der Waals surface area contributed by atoms with E-state index in [1.165, 1.54) is 12.1 Å². The molecule has 2 atom stereocenters. The highest BCUT2D eigenvalue weighted by Crippen LogP contribution is 2.36. The van der Waals surface area contributed by atoms with Gasteiger partial charge in [-0.15, -0.1) is 0 Å². The Kier molecular flexibility index (Phi) is 4.16. The number of hydrogen-bond acceptors (Lipinski definition) is 5. The van der Waals surface area contributed by atoms with Crippen LogP contribution in [0.15, 0.2) is 42.7 Å². The maximum atomic E-state index is 13.0. The van der Waals surface area contributed by atoms with E-state index in [-0.39, 0.29) is 17.5 Å². The number of benzene rings is 1. The SMILES string of the molecule is Fc1ccc(CN2CC[C@]3(C[C@@H](Nc4ncccn4)CO3)C2)cc1. The lowest BCUT2D eigenvalue weighted by molar-refractivity contribution is 0.0120. The molecule has 24 heavy (non-hydrogen) atoms. The lowest BCUT2D eigenvalue weighted by Crippen LogP contribution is -2.33. The van der Waals surface area contributed by atoms with Gasteiger partial charge in [-0.05, 0) is 30.2 Å². The molecule has 126 valence electrons. The fourth-order valence-electron chi connectivity index (χ4n) is 3.69. The Labute approximate surface area is 140 Å². The summed E-state index contributed by atoms with van der Waals surface area (Å²) in [7, 11) is 0. The summed E-state index contributed by atoms with van der Waals surface area (Å²) in [5, 5.41) is 3.36. The van der Waals surface area contributed by atoms with Gasteiger partial charge in [0.1, 0.15) is 5.82 Å². The van der Waals surface area contributed by atoms with Crippen LogP contribution in [0, 0.1) is 5.82 Å². The van der Waals surface area contributed by atoms with Gasteiger partial charge in [0.15, 0.2) is 0 Å². The molecule has 2 aliphatic rings. The predicted octanol–water partition coefficient (Wildman–Crippen LogP) is 2.46. The molecule has 2 aromatic rings. The predicted molar refractivity (Wildman–Crippen MR) is 89.0 cm³/mol. The van der Waals surface area contributed by atoms with E-state index in [1.54, 1.807) is 12.4 Å². The molecule has 2 aliphatic heterocycles. The van der Waals surface area contributed by atoms with Crippen LogP contribution in [0.25, 0.3) is 0 Å². The lowest BCUT2D eigenvalue weighted by atomic mass is 9.97. The molecule has 0 saturated carbocycles. The molecule has 0 bridgehead atoms. The van der Waals surface area contributed by atoms with Crippen LogP contribution in [0.2, 0.25) is 0 Å². The Balaban J connectivity index is 1.33. The minimum absolute atomic E-state index is 0.0769. The molecule has 1 N–H and O–H groups in total. The minimum Gasteiger partial charge on any atom is -0.371 e. The van der Waals surface area contributed by atoms with Crippen molar-refractivity contribution in [1.29, 1.82) is 0 Å². The zero-order valence-corrected chi connectivity index (χ0v) is 13.5. The molecular formula is C18H21FN4O. The van der Waals surface area contributed by atoms with Crippen LogP contribution in [-0.4, -0.2) is 46.2 Å². The largest absolute Gasteiger partial charge is 0.371 e. The smallest absolute Gasteiger partial charge is 0.222 e. The number of hydrogen-bond donors (Lipinski definition) is 1. The standard InChI is InChI=1S/C18H21FN4O/c19-15-4-2-14(3-5-15)11-23-9-6-18(13-23)10-16(12-24-18)22-17-20-7-1-8-21-17/h1-5,7-8,16H,6,9-13H2,(H,20,21,22)/t16-,18+/m1/s1. The van der Waals surface area contributed by atoms with E-state index in [9.17, 15) is 4.39 Å². The number of nitrogens with zero attached hydrogens (tertiary/aromatic N) is 3. The number of ether oxygens (including phenoxy) is 1. The summed E-state index contributed by atoms with van der Waals surface area (Å²) in [6.07, 6.45) is 5.47. The second-order valence-corrected chi connectivity index (χ2v) is 6.70. The number of aromatic nitrogens is 2. The number of rotatable bonds is 4. The summed E-state index contributed by atoms with van der Waals surface area (Å²) in [6.45, 7) is 3.44. The van der Waals surface area contributed by atoms with E-state index in [4.69, 9.17) is 4.74 Å². The van der Waals surface area contributed by atoms with Crippen molar-refractivity contribution in [3.63, 3.8) is 0 Å². The summed E-state index contributed by atoms with van der Waals surface area (Å²) in [4.78, 5) is 10.8. The van der Waals surface area contributed by atoms with Gasteiger partial charge in [0, 0.05) is 38.4 Å². The first kappa shape index (κ1) is 15.5. The molecule has 0 amide bonds. The van der Waals surface area contributed by atoms with Gasteiger partial charge in [0.05, 0.1) is 18.2 Å². The average molecular weight is 328 g/mol. The number of anilines is 1. The number of halogens is 1. The van der Waals surface area contributed by atoms with Gasteiger partial charge >= 0.3 is 0 Å². The van der Waals surface area contributed by atoms with Crippen molar-refractivity contribution in [2.45, 2.75) is 31.0 Å². The molecule has 1 spiro atoms. The van der Waals surface area contributed by atoms with Gasteiger partial charge < -0.3 is 10.1 Å². The molecular weight excluding hydrogens is 307 g/mol. The quantitative estimate of drug-likeness (QED) is 0.934. The summed E-state index contributed by atoms with van der Waals surface area (Å²) in [5.41, 5.74) is 1.06. The topological polar surface area (TPSA) is 50.3 Å². The van der Waals surface area contributed by atoms with Gasteiger partial charge in [-0.3, -0.25) is 4.90 Å².